The molecule has 0 radical (unpaired) electrons. The number of benzene rings is 1. The summed E-state index contributed by atoms with van der Waals surface area (Å²) in [6, 6.07) is 2.78. The van der Waals surface area contributed by atoms with Gasteiger partial charge in [0, 0.05) is 51.3 Å². The van der Waals surface area contributed by atoms with E-state index in [1.807, 2.05) is 24.0 Å². The third kappa shape index (κ3) is 8.46. The van der Waals surface area contributed by atoms with Crippen molar-refractivity contribution in [3.8, 4) is 11.5 Å². The number of amides is 3. The molecule has 4 rings (SSSR count). The number of methoxy groups -OCH3 is 1. The molecule has 0 N–H and O–H groups in total. The van der Waals surface area contributed by atoms with Crippen molar-refractivity contribution >= 4 is 18.1 Å². The van der Waals surface area contributed by atoms with E-state index < -0.39 is 29.4 Å². The SMILES string of the molecule is COCCCOc1cc([C@H](C)N(C(=O)[C@H]2CN(C(=O)OC(C)(C)C)CCN2C(=O)OC(C)(C)C)C2CC2)cc2c1CCO2. The van der Waals surface area contributed by atoms with Crippen molar-refractivity contribution in [1.82, 2.24) is 14.7 Å². The maximum absolute atomic E-state index is 14.5. The largest absolute Gasteiger partial charge is 0.493 e. The molecular weight excluding hydrogens is 554 g/mol. The van der Waals surface area contributed by atoms with E-state index in [-0.39, 0.29) is 37.6 Å². The van der Waals surface area contributed by atoms with Gasteiger partial charge in [0.2, 0.25) is 5.91 Å². The third-order valence-corrected chi connectivity index (χ3v) is 7.59. The molecule has 1 saturated heterocycles. The summed E-state index contributed by atoms with van der Waals surface area (Å²) in [4.78, 5) is 45.8. The van der Waals surface area contributed by atoms with Gasteiger partial charge in [-0.2, -0.15) is 0 Å². The number of rotatable bonds is 9. The lowest BCUT2D eigenvalue weighted by molar-refractivity contribution is -0.142. The first-order valence-electron chi connectivity index (χ1n) is 15.4. The van der Waals surface area contributed by atoms with E-state index in [2.05, 4.69) is 0 Å². The van der Waals surface area contributed by atoms with Gasteiger partial charge in [-0.25, -0.2) is 9.59 Å². The normalized spacial score (nSPS) is 19.3. The molecule has 2 aliphatic heterocycles. The molecule has 2 fully saturated rings. The fourth-order valence-corrected chi connectivity index (χ4v) is 5.43. The number of nitrogens with zero attached hydrogens (tertiary/aromatic N) is 3. The molecular formula is C32H49N3O8. The fraction of sp³-hybridized carbons (Fsp3) is 0.719. The van der Waals surface area contributed by atoms with Crippen molar-refractivity contribution in [3.63, 3.8) is 0 Å². The Morgan fingerprint density at radius 3 is 2.30 bits per heavy atom. The molecule has 2 heterocycles. The highest BCUT2D eigenvalue weighted by molar-refractivity contribution is 5.88. The van der Waals surface area contributed by atoms with E-state index in [1.54, 1.807) is 48.7 Å². The highest BCUT2D eigenvalue weighted by Crippen LogP contribution is 2.41. The summed E-state index contributed by atoms with van der Waals surface area (Å²) in [5.74, 6) is 1.32. The molecule has 1 aromatic rings. The maximum atomic E-state index is 14.5. The minimum atomic E-state index is -0.922. The highest BCUT2D eigenvalue weighted by atomic mass is 16.6. The molecule has 1 aliphatic carbocycles. The molecule has 0 bridgehead atoms. The van der Waals surface area contributed by atoms with Gasteiger partial charge >= 0.3 is 12.2 Å². The number of carbonyl (C=O) groups excluding carboxylic acids is 3. The second-order valence-electron chi connectivity index (χ2n) is 13.6. The van der Waals surface area contributed by atoms with Crippen LogP contribution in [0.25, 0.3) is 0 Å². The fourth-order valence-electron chi connectivity index (χ4n) is 5.43. The van der Waals surface area contributed by atoms with E-state index in [1.165, 1.54) is 9.80 Å². The molecule has 11 heteroatoms. The van der Waals surface area contributed by atoms with Crippen LogP contribution in [0.2, 0.25) is 0 Å². The Morgan fingerprint density at radius 2 is 1.67 bits per heavy atom. The number of hydrogen-bond acceptors (Lipinski definition) is 8. The summed E-state index contributed by atoms with van der Waals surface area (Å²) in [7, 11) is 1.67. The zero-order valence-electron chi connectivity index (χ0n) is 27.1. The van der Waals surface area contributed by atoms with Crippen LogP contribution in [-0.2, 0) is 25.4 Å². The van der Waals surface area contributed by atoms with E-state index in [4.69, 9.17) is 23.7 Å². The van der Waals surface area contributed by atoms with E-state index in [0.717, 1.165) is 48.3 Å². The lowest BCUT2D eigenvalue weighted by Crippen LogP contribution is -2.63. The van der Waals surface area contributed by atoms with Gasteiger partial charge in [0.25, 0.3) is 0 Å². The van der Waals surface area contributed by atoms with Crippen LogP contribution < -0.4 is 9.47 Å². The Hall–Kier alpha value is -3.21. The predicted molar refractivity (Wildman–Crippen MR) is 160 cm³/mol. The number of fused-ring (bicyclic) bond motifs is 1. The van der Waals surface area contributed by atoms with Crippen molar-refractivity contribution < 1.29 is 38.1 Å². The average molecular weight is 604 g/mol. The van der Waals surface area contributed by atoms with Crippen molar-refractivity contribution in [2.24, 2.45) is 0 Å². The minimum absolute atomic E-state index is 0.0179. The van der Waals surface area contributed by atoms with Crippen molar-refractivity contribution in [2.45, 2.75) is 103 Å². The molecule has 2 atom stereocenters. The summed E-state index contributed by atoms with van der Waals surface area (Å²) in [6.07, 6.45) is 2.18. The van der Waals surface area contributed by atoms with Gasteiger partial charge in [-0.05, 0) is 79.0 Å². The first-order chi connectivity index (χ1) is 20.2. The molecule has 240 valence electrons. The molecule has 43 heavy (non-hydrogen) atoms. The molecule has 3 aliphatic rings. The summed E-state index contributed by atoms with van der Waals surface area (Å²) in [5.41, 5.74) is 0.507. The van der Waals surface area contributed by atoms with Gasteiger partial charge in [0.05, 0.1) is 25.8 Å². The first-order valence-corrected chi connectivity index (χ1v) is 15.4. The molecule has 11 nitrogen and oxygen atoms in total. The third-order valence-electron chi connectivity index (χ3n) is 7.59. The van der Waals surface area contributed by atoms with Gasteiger partial charge in [-0.1, -0.05) is 0 Å². The summed E-state index contributed by atoms with van der Waals surface area (Å²) in [5, 5.41) is 0. The molecule has 0 spiro atoms. The maximum Gasteiger partial charge on any atom is 0.411 e. The topological polar surface area (TPSA) is 107 Å². The van der Waals surface area contributed by atoms with Crippen LogP contribution in [0, 0.1) is 0 Å². The van der Waals surface area contributed by atoms with Gasteiger partial charge in [0.15, 0.2) is 0 Å². The van der Waals surface area contributed by atoms with Gasteiger partial charge in [-0.3, -0.25) is 9.69 Å². The summed E-state index contributed by atoms with van der Waals surface area (Å²) < 4.78 is 28.6. The van der Waals surface area contributed by atoms with Gasteiger partial charge in [-0.15, -0.1) is 0 Å². The average Bonchev–Trinajstić information content (AvgIpc) is 3.63. The highest BCUT2D eigenvalue weighted by Gasteiger charge is 2.46. The number of piperazine rings is 1. The van der Waals surface area contributed by atoms with Crippen LogP contribution in [0.5, 0.6) is 11.5 Å². The van der Waals surface area contributed by atoms with Crippen LogP contribution in [0.3, 0.4) is 0 Å². The monoisotopic (exact) mass is 603 g/mol. The molecule has 0 unspecified atom stereocenters. The van der Waals surface area contributed by atoms with Crippen molar-refractivity contribution in [2.75, 3.05) is 46.6 Å². The predicted octanol–water partition coefficient (Wildman–Crippen LogP) is 4.95. The van der Waals surface area contributed by atoms with E-state index in [0.29, 0.717) is 19.8 Å². The van der Waals surface area contributed by atoms with E-state index in [9.17, 15) is 14.4 Å². The molecule has 3 amide bonds. The Labute approximate surface area is 255 Å². The number of carbonyl (C=O) groups is 3. The van der Waals surface area contributed by atoms with Gasteiger partial charge < -0.3 is 33.5 Å². The number of ether oxygens (including phenoxy) is 5. The second kappa shape index (κ2) is 13.2. The Kier molecular flexibility index (Phi) is 10.0. The van der Waals surface area contributed by atoms with E-state index >= 15 is 0 Å². The Balaban J connectivity index is 1.62. The summed E-state index contributed by atoms with van der Waals surface area (Å²) >= 11 is 0. The van der Waals surface area contributed by atoms with Crippen molar-refractivity contribution in [3.05, 3.63) is 23.3 Å². The lowest BCUT2D eigenvalue weighted by Gasteiger charge is -2.43. The Morgan fingerprint density at radius 1 is 1.00 bits per heavy atom. The zero-order chi connectivity index (χ0) is 31.5. The first kappa shape index (κ1) is 32.7. The number of hydrogen-bond donors (Lipinski definition) is 0. The quantitative estimate of drug-likeness (QED) is 0.365. The second-order valence-corrected chi connectivity index (χ2v) is 13.6. The molecule has 1 saturated carbocycles. The summed E-state index contributed by atoms with van der Waals surface area (Å²) in [6.45, 7) is 14.9. The minimum Gasteiger partial charge on any atom is -0.493 e. The van der Waals surface area contributed by atoms with Gasteiger partial charge in [0.1, 0.15) is 28.7 Å². The van der Waals surface area contributed by atoms with Crippen LogP contribution >= 0.6 is 0 Å². The van der Waals surface area contributed by atoms with Crippen LogP contribution in [0.15, 0.2) is 12.1 Å². The van der Waals surface area contributed by atoms with Crippen molar-refractivity contribution in [1.29, 1.82) is 0 Å². The zero-order valence-corrected chi connectivity index (χ0v) is 27.1. The van der Waals surface area contributed by atoms with Crippen LogP contribution in [-0.4, -0.2) is 103 Å². The molecule has 1 aromatic carbocycles. The molecule has 0 aromatic heterocycles. The lowest BCUT2D eigenvalue weighted by atomic mass is 10.0. The smallest absolute Gasteiger partial charge is 0.411 e. The standard InChI is InChI=1S/C32H49N3O8/c1-21(22-18-26(40-16-9-15-39-8)24-12-17-41-27(24)19-22)35(23-10-11-23)28(36)25-20-33(29(37)42-31(2,3)4)13-14-34(25)30(38)43-32(5,6)7/h18-19,21,23,25H,9-17,20H2,1-8H3/t21-,25+/m0/s1. The van der Waals surface area contributed by atoms with Crippen LogP contribution in [0.1, 0.15) is 84.9 Å². The Bertz CT molecular complexity index is 1170. The van der Waals surface area contributed by atoms with Crippen LogP contribution in [0.4, 0.5) is 9.59 Å².